The van der Waals surface area contributed by atoms with Crippen molar-refractivity contribution in [2.75, 3.05) is 27.8 Å². The second-order valence-corrected chi connectivity index (χ2v) is 7.44. The number of hydrogen-bond donors (Lipinski definition) is 2. The lowest BCUT2D eigenvalue weighted by atomic mass is 10.2. The summed E-state index contributed by atoms with van der Waals surface area (Å²) in [6, 6.07) is 17.4. The van der Waals surface area contributed by atoms with E-state index < -0.39 is 0 Å². The highest BCUT2D eigenvalue weighted by Gasteiger charge is 2.29. The molecule has 0 bridgehead atoms. The lowest BCUT2D eigenvalue weighted by molar-refractivity contribution is 0.258. The Kier molecular flexibility index (Phi) is 7.36. The predicted molar refractivity (Wildman–Crippen MR) is 118 cm³/mol. The van der Waals surface area contributed by atoms with Crippen molar-refractivity contribution in [3.8, 4) is 11.5 Å². The van der Waals surface area contributed by atoms with Gasteiger partial charge in [0.05, 0.1) is 14.2 Å². The van der Waals surface area contributed by atoms with Crippen LogP contribution in [0.3, 0.4) is 0 Å². The fourth-order valence-electron chi connectivity index (χ4n) is 3.81. The largest absolute Gasteiger partial charge is 0.497 e. The highest BCUT2D eigenvalue weighted by molar-refractivity contribution is 5.80. The molecule has 29 heavy (non-hydrogen) atoms. The van der Waals surface area contributed by atoms with E-state index in [1.807, 2.05) is 18.2 Å². The Hall–Kier alpha value is -2.73. The van der Waals surface area contributed by atoms with E-state index in [1.54, 1.807) is 21.3 Å². The van der Waals surface area contributed by atoms with Crippen LogP contribution in [0.15, 0.2) is 53.5 Å². The van der Waals surface area contributed by atoms with Gasteiger partial charge < -0.3 is 20.1 Å². The van der Waals surface area contributed by atoms with E-state index in [0.717, 1.165) is 42.5 Å². The Morgan fingerprint density at radius 2 is 1.93 bits per heavy atom. The van der Waals surface area contributed by atoms with Crippen LogP contribution in [-0.2, 0) is 13.1 Å². The van der Waals surface area contributed by atoms with Gasteiger partial charge in [-0.1, -0.05) is 30.3 Å². The number of likely N-dealkylation sites (tertiary alicyclic amines) is 1. The first-order valence-corrected chi connectivity index (χ1v) is 10.1. The molecule has 6 nitrogen and oxygen atoms in total. The van der Waals surface area contributed by atoms with Crippen LogP contribution in [0, 0.1) is 0 Å². The zero-order valence-corrected chi connectivity index (χ0v) is 17.8. The van der Waals surface area contributed by atoms with Gasteiger partial charge in [0.2, 0.25) is 0 Å². The first-order chi connectivity index (χ1) is 14.1. The molecular weight excluding hydrogens is 364 g/mol. The second-order valence-electron chi connectivity index (χ2n) is 7.44. The van der Waals surface area contributed by atoms with E-state index >= 15 is 0 Å². The van der Waals surface area contributed by atoms with Gasteiger partial charge in [-0.15, -0.1) is 0 Å². The molecular formula is C23H32N4O2. The third kappa shape index (κ3) is 5.64. The van der Waals surface area contributed by atoms with Crippen LogP contribution in [0.2, 0.25) is 0 Å². The van der Waals surface area contributed by atoms with Gasteiger partial charge in [-0.2, -0.15) is 0 Å². The smallest absolute Gasteiger partial charge is 0.191 e. The maximum atomic E-state index is 5.48. The van der Waals surface area contributed by atoms with Gasteiger partial charge in [-0.3, -0.25) is 9.89 Å². The Morgan fingerprint density at radius 1 is 1.14 bits per heavy atom. The maximum absolute atomic E-state index is 5.48. The number of nitrogens with zero attached hydrogens (tertiary/aromatic N) is 2. The highest BCUT2D eigenvalue weighted by Crippen LogP contribution is 2.24. The number of rotatable bonds is 7. The van der Waals surface area contributed by atoms with Crippen molar-refractivity contribution >= 4 is 5.96 Å². The summed E-state index contributed by atoms with van der Waals surface area (Å²) in [5.74, 6) is 2.39. The summed E-state index contributed by atoms with van der Waals surface area (Å²) >= 11 is 0. The number of benzene rings is 2. The third-order valence-electron chi connectivity index (χ3n) is 5.44. The predicted octanol–water partition coefficient (Wildman–Crippen LogP) is 3.03. The van der Waals surface area contributed by atoms with Crippen LogP contribution in [0.1, 0.15) is 24.5 Å². The maximum Gasteiger partial charge on any atom is 0.191 e. The molecule has 0 radical (unpaired) electrons. The average Bonchev–Trinajstić information content (AvgIpc) is 3.10. The van der Waals surface area contributed by atoms with E-state index in [2.05, 4.69) is 57.8 Å². The number of aliphatic imine (C=N–C) groups is 1. The first kappa shape index (κ1) is 21.0. The van der Waals surface area contributed by atoms with Gasteiger partial charge in [0.1, 0.15) is 11.5 Å². The molecule has 2 aromatic carbocycles. The minimum Gasteiger partial charge on any atom is -0.497 e. The number of hydrogen-bond acceptors (Lipinski definition) is 4. The number of guanidine groups is 1. The summed E-state index contributed by atoms with van der Waals surface area (Å²) in [4.78, 5) is 6.92. The average molecular weight is 397 g/mol. The molecule has 1 saturated heterocycles. The van der Waals surface area contributed by atoms with E-state index in [-0.39, 0.29) is 0 Å². The Bertz CT molecular complexity index is 810. The van der Waals surface area contributed by atoms with Crippen molar-refractivity contribution in [1.29, 1.82) is 0 Å². The summed E-state index contributed by atoms with van der Waals surface area (Å²) in [6.07, 6.45) is 1.10. The highest BCUT2D eigenvalue weighted by atomic mass is 16.5. The summed E-state index contributed by atoms with van der Waals surface area (Å²) in [5.41, 5.74) is 2.41. The van der Waals surface area contributed by atoms with E-state index in [9.17, 15) is 0 Å². The molecule has 1 aliphatic heterocycles. The normalized spacial score (nSPS) is 19.8. The van der Waals surface area contributed by atoms with Crippen molar-refractivity contribution in [3.63, 3.8) is 0 Å². The Balaban J connectivity index is 1.54. The third-order valence-corrected chi connectivity index (χ3v) is 5.44. The molecule has 0 amide bonds. The lowest BCUT2D eigenvalue weighted by Crippen LogP contribution is -2.44. The van der Waals surface area contributed by atoms with Gasteiger partial charge in [-0.05, 0) is 31.0 Å². The molecule has 2 atom stereocenters. The van der Waals surface area contributed by atoms with Crippen LogP contribution in [0.4, 0.5) is 0 Å². The SMILES string of the molecule is CN=C(NCc1ccc(OC)cc1OC)NC1CC(C)N(Cc2ccccc2)C1. The van der Waals surface area contributed by atoms with Crippen molar-refractivity contribution in [2.45, 2.75) is 38.5 Å². The van der Waals surface area contributed by atoms with Gasteiger partial charge in [0.15, 0.2) is 5.96 Å². The van der Waals surface area contributed by atoms with Crippen molar-refractivity contribution < 1.29 is 9.47 Å². The summed E-state index contributed by atoms with van der Waals surface area (Å²) < 4.78 is 10.8. The molecule has 2 aromatic rings. The van der Waals surface area contributed by atoms with Crippen LogP contribution in [0.25, 0.3) is 0 Å². The van der Waals surface area contributed by atoms with E-state index in [1.165, 1.54) is 5.56 Å². The first-order valence-electron chi connectivity index (χ1n) is 10.1. The van der Waals surface area contributed by atoms with Crippen LogP contribution >= 0.6 is 0 Å². The van der Waals surface area contributed by atoms with Gasteiger partial charge in [0, 0.05) is 50.4 Å². The summed E-state index contributed by atoms with van der Waals surface area (Å²) in [5, 5.41) is 6.98. The van der Waals surface area contributed by atoms with Gasteiger partial charge >= 0.3 is 0 Å². The molecule has 1 aliphatic rings. The molecule has 2 N–H and O–H groups in total. The standard InChI is InChI=1S/C23H32N4O2/c1-17-12-20(16-27(17)15-18-8-6-5-7-9-18)26-23(24-2)25-14-19-10-11-21(28-3)13-22(19)29-4/h5-11,13,17,20H,12,14-16H2,1-4H3,(H2,24,25,26). The number of ether oxygens (including phenoxy) is 2. The summed E-state index contributed by atoms with van der Waals surface area (Å²) in [6.45, 7) is 4.91. The number of methoxy groups -OCH3 is 2. The van der Waals surface area contributed by atoms with Crippen molar-refractivity contribution in [1.82, 2.24) is 15.5 Å². The molecule has 6 heteroatoms. The zero-order chi connectivity index (χ0) is 20.6. The monoisotopic (exact) mass is 396 g/mol. The van der Waals surface area contributed by atoms with Crippen molar-refractivity contribution in [3.05, 3.63) is 59.7 Å². The van der Waals surface area contributed by atoms with Crippen LogP contribution < -0.4 is 20.1 Å². The lowest BCUT2D eigenvalue weighted by Gasteiger charge is -2.21. The fraction of sp³-hybridized carbons (Fsp3) is 0.435. The molecule has 3 rings (SSSR count). The van der Waals surface area contributed by atoms with Crippen LogP contribution in [0.5, 0.6) is 11.5 Å². The fourth-order valence-corrected chi connectivity index (χ4v) is 3.81. The number of nitrogens with one attached hydrogen (secondary N) is 2. The summed E-state index contributed by atoms with van der Waals surface area (Å²) in [7, 11) is 5.13. The molecule has 0 aromatic heterocycles. The zero-order valence-electron chi connectivity index (χ0n) is 17.8. The quantitative estimate of drug-likeness (QED) is 0.557. The topological polar surface area (TPSA) is 58.1 Å². The van der Waals surface area contributed by atoms with Crippen molar-refractivity contribution in [2.24, 2.45) is 4.99 Å². The minimum atomic E-state index is 0.373. The Labute approximate surface area is 173 Å². The van der Waals surface area contributed by atoms with E-state index in [4.69, 9.17) is 9.47 Å². The molecule has 1 heterocycles. The van der Waals surface area contributed by atoms with Gasteiger partial charge in [-0.25, -0.2) is 0 Å². The molecule has 0 aliphatic carbocycles. The van der Waals surface area contributed by atoms with Crippen LogP contribution in [-0.4, -0.2) is 50.8 Å². The van der Waals surface area contributed by atoms with E-state index in [0.29, 0.717) is 18.6 Å². The molecule has 156 valence electrons. The molecule has 2 unspecified atom stereocenters. The Morgan fingerprint density at radius 3 is 2.62 bits per heavy atom. The molecule has 0 saturated carbocycles. The minimum absolute atomic E-state index is 0.373. The van der Waals surface area contributed by atoms with Gasteiger partial charge in [0.25, 0.3) is 0 Å². The second kappa shape index (κ2) is 10.2. The molecule has 1 fully saturated rings. The molecule has 0 spiro atoms.